The van der Waals surface area contributed by atoms with Crippen LogP contribution in [0.3, 0.4) is 0 Å². The third-order valence-electron chi connectivity index (χ3n) is 27.3. The summed E-state index contributed by atoms with van der Waals surface area (Å²) in [5.74, 6) is 9.95. The van der Waals surface area contributed by atoms with Crippen molar-refractivity contribution in [3.8, 4) is 103 Å². The van der Waals surface area contributed by atoms with Crippen LogP contribution in [0, 0.1) is 17.8 Å². The Balaban J connectivity index is 0.000000159. The Morgan fingerprint density at radius 1 is 0.229 bits per heavy atom. The Labute approximate surface area is 842 Å². The minimum atomic E-state index is 0.106. The molecule has 728 valence electrons. The highest BCUT2D eigenvalue weighted by molar-refractivity contribution is 7.99. The maximum atomic E-state index is 11.3. The largest absolute Gasteiger partial charge is 0.507 e. The van der Waals surface area contributed by atoms with E-state index < -0.39 is 0 Å². The molecule has 3 unspecified atom stereocenters. The number of phenolic OH excluding ortho intramolecular Hbond substituents is 3. The lowest BCUT2D eigenvalue weighted by Gasteiger charge is -2.16. The summed E-state index contributed by atoms with van der Waals surface area (Å²) in [6, 6.07) is 78.7. The monoisotopic (exact) mass is 1920 g/mol. The van der Waals surface area contributed by atoms with Gasteiger partial charge in [0.15, 0.2) is 50.4 Å². The molecule has 0 fully saturated rings. The zero-order valence-corrected chi connectivity index (χ0v) is 86.2. The maximum Gasteiger partial charge on any atom is 0.191 e. The van der Waals surface area contributed by atoms with E-state index in [1.54, 1.807) is 53.5 Å². The van der Waals surface area contributed by atoms with E-state index >= 15 is 0 Å². The van der Waals surface area contributed by atoms with Crippen LogP contribution in [0.1, 0.15) is 249 Å². The van der Waals surface area contributed by atoms with Crippen molar-refractivity contribution in [3.63, 3.8) is 0 Å². The Morgan fingerprint density at radius 3 is 0.950 bits per heavy atom. The number of nitrogens with zero attached hydrogens (tertiary/aromatic N) is 9. The summed E-state index contributed by atoms with van der Waals surface area (Å²) in [5, 5.41) is 54.7. The van der Waals surface area contributed by atoms with E-state index in [0.29, 0.717) is 122 Å². The van der Waals surface area contributed by atoms with E-state index in [9.17, 15) is 15.3 Å². The van der Waals surface area contributed by atoms with Crippen LogP contribution in [0.5, 0.6) is 34.5 Å². The minimum absolute atomic E-state index is 0.106. The molecule has 14 aromatic carbocycles. The van der Waals surface area contributed by atoms with Crippen molar-refractivity contribution in [2.75, 3.05) is 37.1 Å². The molecule has 0 spiro atoms. The van der Waals surface area contributed by atoms with Crippen molar-refractivity contribution in [3.05, 3.63) is 231 Å². The summed E-state index contributed by atoms with van der Waals surface area (Å²) in [4.78, 5) is 44.8. The topological polar surface area (TPSA) is 204 Å². The van der Waals surface area contributed by atoms with Gasteiger partial charge >= 0.3 is 0 Å². The smallest absolute Gasteiger partial charge is 0.191 e. The third-order valence-corrected chi connectivity index (χ3v) is 30.1. The number of phenols is 3. The van der Waals surface area contributed by atoms with E-state index in [1.165, 1.54) is 188 Å². The first-order valence-electron chi connectivity index (χ1n) is 52.3. The Kier molecular flexibility index (Phi) is 38.6. The van der Waals surface area contributed by atoms with Gasteiger partial charge in [-0.25, -0.2) is 44.9 Å². The first-order valence-corrected chi connectivity index (χ1v) is 55.2. The van der Waals surface area contributed by atoms with Crippen LogP contribution in [0.25, 0.3) is 155 Å². The zero-order valence-electron chi connectivity index (χ0n) is 83.7. The number of ether oxygens (including phenoxy) is 3. The number of rotatable bonds is 50. The van der Waals surface area contributed by atoms with Crippen molar-refractivity contribution in [1.82, 2.24) is 44.9 Å². The fraction of sp³-hybridized carbons (Fsp3) is 0.385. The number of hydrogen-bond donors (Lipinski definition) is 3. The van der Waals surface area contributed by atoms with Gasteiger partial charge in [0.1, 0.15) is 34.5 Å². The fourth-order valence-electron chi connectivity index (χ4n) is 18.9. The van der Waals surface area contributed by atoms with Crippen molar-refractivity contribution in [2.24, 2.45) is 17.8 Å². The molecule has 0 bridgehead atoms. The maximum absolute atomic E-state index is 11.3. The van der Waals surface area contributed by atoms with Gasteiger partial charge in [0.25, 0.3) is 0 Å². The van der Waals surface area contributed by atoms with Gasteiger partial charge in [-0.15, -0.1) is 0 Å². The molecule has 15 nitrogen and oxygen atoms in total. The second kappa shape index (κ2) is 52.7. The third kappa shape index (κ3) is 26.7. The molecule has 0 aliphatic heterocycles. The quantitative estimate of drug-likeness (QED) is 0.0184. The van der Waals surface area contributed by atoms with Crippen molar-refractivity contribution in [2.45, 2.75) is 264 Å². The molecule has 0 amide bonds. The van der Waals surface area contributed by atoms with Gasteiger partial charge in [-0.05, 0) is 197 Å². The molecule has 0 radical (unpaired) electrons. The Bertz CT molecular complexity index is 6880. The number of unbranched alkanes of at least 4 members (excludes halogenated alkanes) is 17. The molecular weight excluding hydrogens is 1780 g/mol. The normalized spacial score (nSPS) is 12.3. The number of thioether (sulfide) groups is 3. The molecule has 140 heavy (non-hydrogen) atoms. The minimum Gasteiger partial charge on any atom is -0.507 e. The number of aromatic nitrogens is 9. The standard InChI is InChI=1S/C42H53N3O2S.C41H45N3O2S.C39H43N3O2S/c1-4-7-9-10-11-12-13-14-19-27-48-42-44-40(37-26-25-33(29-39(37)46)47-30-31(6-3)20-8-5-2)43-41(45-42)38-28-32-21-15-16-22-34(32)35-23-17-18-24-36(35)38;1-4-7-9-14-24-47-41-43-39(35-23-21-30(25-38(35)45)46-27-28(6-3)15-8-5-2)42-40(44-41)37-26-36-31-17-11-10-16-29(31)20-22-34(36)32-18-12-13-19-33(32)37;1-4-7-9-10-23-45-39-41-37(32-21-18-29-16-15-27-13-11-14-28-17-20-31(32)36(29)35(27)28)40-38(42-39)33-22-19-30(24-34(33)43)44-25-26(6-3)12-8-5-2/h15-18,21-26,28-29,31,46H,4-14,19-20,27,30H2,1-3H3;10-13,16-23,25-26,28,45H,4-9,14-15,24,27H2,1-3H3;11,13-22,24,26,43H,4-10,12,23,25H2,1-3H3. The molecule has 17 aromatic rings. The lowest BCUT2D eigenvalue weighted by molar-refractivity contribution is 0.232. The molecule has 3 N–H and O–H groups in total. The van der Waals surface area contributed by atoms with E-state index in [4.69, 9.17) is 59.1 Å². The predicted octanol–water partition coefficient (Wildman–Crippen LogP) is 35.2. The SMILES string of the molecule is CCCCCCCCCCCSc1nc(-c2ccc(OCC(CC)CCCC)cc2O)nc(-c2cc3ccccc3c3ccccc23)n1.CCCCCCSc1nc(-c2ccc(OCC(CC)CCCC)cc2O)nc(-c2cc3c4ccccc4ccc3c3ccccc23)n1.CCCCCCSc1nc(-c2ccc(OCC(CC)CCCC)cc2O)nc(-c2ccc3ccc4cccc5ccc2c3c45)n1. The molecule has 0 aliphatic carbocycles. The molecule has 3 heterocycles. The van der Waals surface area contributed by atoms with E-state index in [-0.39, 0.29) is 17.2 Å². The summed E-state index contributed by atoms with van der Waals surface area (Å²) >= 11 is 5.01. The molecule has 0 saturated carbocycles. The van der Waals surface area contributed by atoms with Crippen LogP contribution in [0.15, 0.2) is 246 Å². The summed E-state index contributed by atoms with van der Waals surface area (Å²) < 4.78 is 18.4. The molecule has 3 atom stereocenters. The van der Waals surface area contributed by atoms with Gasteiger partial charge in [-0.3, -0.25) is 0 Å². The van der Waals surface area contributed by atoms with Crippen molar-refractivity contribution >= 4 is 121 Å². The first kappa shape index (κ1) is 103. The average Bonchev–Trinajstić information content (AvgIpc) is 0.749. The molecule has 0 aliphatic rings. The van der Waals surface area contributed by atoms with E-state index in [0.717, 1.165) is 119 Å². The van der Waals surface area contributed by atoms with Crippen molar-refractivity contribution < 1.29 is 29.5 Å². The Morgan fingerprint density at radius 2 is 0.529 bits per heavy atom. The van der Waals surface area contributed by atoms with Gasteiger partial charge in [-0.1, -0.05) is 403 Å². The number of fused-ring (bicyclic) bond motifs is 8. The fourth-order valence-corrected chi connectivity index (χ4v) is 21.4. The summed E-state index contributed by atoms with van der Waals surface area (Å²) in [7, 11) is 0. The highest BCUT2D eigenvalue weighted by Gasteiger charge is 2.25. The number of hydrogen-bond acceptors (Lipinski definition) is 18. The average molecular weight is 1930 g/mol. The molecule has 17 rings (SSSR count). The number of benzene rings is 14. The van der Waals surface area contributed by atoms with Crippen LogP contribution < -0.4 is 14.2 Å². The summed E-state index contributed by atoms with van der Waals surface area (Å²) in [5.41, 5.74) is 4.62. The highest BCUT2D eigenvalue weighted by Crippen LogP contribution is 2.45. The van der Waals surface area contributed by atoms with Gasteiger partial charge < -0.3 is 29.5 Å². The van der Waals surface area contributed by atoms with Gasteiger partial charge in [0.2, 0.25) is 0 Å². The lowest BCUT2D eigenvalue weighted by Crippen LogP contribution is -2.11. The second-order valence-corrected chi connectivity index (χ2v) is 40.7. The lowest BCUT2D eigenvalue weighted by atomic mass is 9.92. The molecule has 18 heteroatoms. The van der Waals surface area contributed by atoms with Crippen molar-refractivity contribution in [1.29, 1.82) is 0 Å². The summed E-state index contributed by atoms with van der Waals surface area (Å²) in [6.07, 6.45) is 35.1. The highest BCUT2D eigenvalue weighted by atomic mass is 32.2. The molecule has 3 aromatic heterocycles. The van der Waals surface area contributed by atoms with E-state index in [1.807, 2.05) is 36.4 Å². The van der Waals surface area contributed by atoms with Gasteiger partial charge in [0.05, 0.1) is 36.5 Å². The van der Waals surface area contributed by atoms with Crippen LogP contribution in [0.2, 0.25) is 0 Å². The van der Waals surface area contributed by atoms with Gasteiger partial charge in [-0.2, -0.15) is 0 Å². The number of aromatic hydroxyl groups is 3. The summed E-state index contributed by atoms with van der Waals surface area (Å²) in [6.45, 7) is 22.0. The van der Waals surface area contributed by atoms with E-state index in [2.05, 4.69) is 238 Å². The molecule has 0 saturated heterocycles. The zero-order chi connectivity index (χ0) is 97.3. The van der Waals surface area contributed by atoms with Gasteiger partial charge in [0, 0.05) is 52.1 Å². The molecular formula is C122H141N9O6S3. The van der Waals surface area contributed by atoms with Crippen LogP contribution in [-0.4, -0.2) is 97.3 Å². The Hall–Kier alpha value is -11.7. The van der Waals surface area contributed by atoms with Crippen LogP contribution in [0.4, 0.5) is 0 Å². The predicted molar refractivity (Wildman–Crippen MR) is 592 cm³/mol. The second-order valence-electron chi connectivity index (χ2n) is 37.5. The first-order chi connectivity index (χ1) is 68.8. The van der Waals surface area contributed by atoms with Crippen LogP contribution >= 0.6 is 35.3 Å². The van der Waals surface area contributed by atoms with Crippen LogP contribution in [-0.2, 0) is 0 Å².